The summed E-state index contributed by atoms with van der Waals surface area (Å²) in [6.07, 6.45) is 2.15. The van der Waals surface area contributed by atoms with E-state index in [0.717, 1.165) is 41.3 Å². The van der Waals surface area contributed by atoms with Gasteiger partial charge in [-0.1, -0.05) is 0 Å². The van der Waals surface area contributed by atoms with Crippen LogP contribution in [-0.2, 0) is 26.0 Å². The summed E-state index contributed by atoms with van der Waals surface area (Å²) in [5.41, 5.74) is 2.59. The first-order chi connectivity index (χ1) is 18.0. The maximum absolute atomic E-state index is 13.0. The van der Waals surface area contributed by atoms with Crippen LogP contribution in [0.15, 0.2) is 57.7 Å². The molecule has 1 atom stereocenters. The van der Waals surface area contributed by atoms with Crippen molar-refractivity contribution in [1.82, 2.24) is 8.87 Å². The maximum atomic E-state index is 13.0. The molecule has 5 rings (SSSR count). The quantitative estimate of drug-likeness (QED) is 0.429. The lowest BCUT2D eigenvalue weighted by Gasteiger charge is -2.26. The van der Waals surface area contributed by atoms with Crippen LogP contribution in [0.5, 0.6) is 11.5 Å². The number of hydrogen-bond acceptors (Lipinski definition) is 8. The molecule has 37 heavy (non-hydrogen) atoms. The van der Waals surface area contributed by atoms with Crippen LogP contribution >= 0.6 is 11.3 Å². The van der Waals surface area contributed by atoms with Crippen LogP contribution < -0.4 is 14.3 Å². The van der Waals surface area contributed by atoms with Crippen LogP contribution in [0.1, 0.15) is 12.8 Å². The minimum absolute atomic E-state index is 0.109. The molecule has 2 aliphatic heterocycles. The zero-order valence-corrected chi connectivity index (χ0v) is 22.6. The molecule has 0 aliphatic carbocycles. The monoisotopic (exact) mass is 545 g/mol. The normalized spacial score (nSPS) is 19.3. The number of aromatic nitrogens is 1. The summed E-state index contributed by atoms with van der Waals surface area (Å²) in [5.74, 6) is 1.43. The van der Waals surface area contributed by atoms with Crippen LogP contribution in [0.25, 0.3) is 11.3 Å². The number of morpholine rings is 1. The van der Waals surface area contributed by atoms with Crippen molar-refractivity contribution in [2.75, 3.05) is 47.1 Å². The molecule has 0 N–H and O–H groups in total. The third-order valence-corrected chi connectivity index (χ3v) is 9.34. The van der Waals surface area contributed by atoms with Crippen LogP contribution in [0, 0.1) is 0 Å². The fourth-order valence-corrected chi connectivity index (χ4v) is 6.89. The molecule has 2 aliphatic rings. The molecule has 0 spiro atoms. The second-order valence-corrected chi connectivity index (χ2v) is 11.6. The van der Waals surface area contributed by atoms with Gasteiger partial charge in [0.1, 0.15) is 11.5 Å². The molecular formula is C26H31N3O6S2. The number of thiazole rings is 1. The van der Waals surface area contributed by atoms with E-state index < -0.39 is 10.0 Å². The van der Waals surface area contributed by atoms with E-state index in [-0.39, 0.29) is 11.0 Å². The van der Waals surface area contributed by atoms with Gasteiger partial charge in [0.25, 0.3) is 0 Å². The average molecular weight is 546 g/mol. The van der Waals surface area contributed by atoms with Crippen molar-refractivity contribution in [3.05, 3.63) is 52.6 Å². The third kappa shape index (κ3) is 5.60. The Morgan fingerprint density at radius 3 is 2.51 bits per heavy atom. The van der Waals surface area contributed by atoms with Gasteiger partial charge in [-0.25, -0.2) is 13.4 Å². The molecule has 0 radical (unpaired) electrons. The first-order valence-corrected chi connectivity index (χ1v) is 14.6. The van der Waals surface area contributed by atoms with Gasteiger partial charge in [0.05, 0.1) is 56.4 Å². The molecule has 2 fully saturated rings. The predicted octanol–water partition coefficient (Wildman–Crippen LogP) is 3.67. The van der Waals surface area contributed by atoms with E-state index in [1.807, 2.05) is 18.2 Å². The van der Waals surface area contributed by atoms with Crippen molar-refractivity contribution in [2.45, 2.75) is 30.4 Å². The number of rotatable bonds is 8. The molecule has 3 heterocycles. The number of methoxy groups -OCH3 is 2. The van der Waals surface area contributed by atoms with Crippen molar-refractivity contribution >= 4 is 27.0 Å². The Balaban J connectivity index is 1.50. The SMILES string of the molecule is COc1ccc(-c2csc(=Nc3ccc(S(=O)(=O)N4CCOCC4)cc3)n2CC2CCCO2)c(OC)c1. The predicted molar refractivity (Wildman–Crippen MR) is 141 cm³/mol. The van der Waals surface area contributed by atoms with E-state index in [4.69, 9.17) is 23.9 Å². The summed E-state index contributed by atoms with van der Waals surface area (Å²) in [6, 6.07) is 12.5. The van der Waals surface area contributed by atoms with E-state index in [0.29, 0.717) is 44.3 Å². The average Bonchev–Trinajstić information content (AvgIpc) is 3.59. The smallest absolute Gasteiger partial charge is 0.243 e. The molecule has 3 aromatic rings. The summed E-state index contributed by atoms with van der Waals surface area (Å²) in [6.45, 7) is 2.99. The highest BCUT2D eigenvalue weighted by atomic mass is 32.2. The number of ether oxygens (including phenoxy) is 4. The topological polar surface area (TPSA) is 91.6 Å². The van der Waals surface area contributed by atoms with Gasteiger partial charge < -0.3 is 23.5 Å². The van der Waals surface area contributed by atoms with E-state index in [2.05, 4.69) is 9.95 Å². The molecule has 2 saturated heterocycles. The van der Waals surface area contributed by atoms with Crippen molar-refractivity contribution in [3.8, 4) is 22.8 Å². The minimum atomic E-state index is -3.55. The summed E-state index contributed by atoms with van der Waals surface area (Å²) in [7, 11) is -0.277. The van der Waals surface area contributed by atoms with E-state index in [1.165, 1.54) is 15.6 Å². The first kappa shape index (κ1) is 25.9. The number of hydrogen-bond donors (Lipinski definition) is 0. The summed E-state index contributed by atoms with van der Waals surface area (Å²) in [5, 5.41) is 2.06. The van der Waals surface area contributed by atoms with Crippen molar-refractivity contribution in [2.24, 2.45) is 4.99 Å². The van der Waals surface area contributed by atoms with Gasteiger partial charge in [-0.05, 0) is 49.2 Å². The van der Waals surface area contributed by atoms with Gasteiger partial charge in [0, 0.05) is 36.7 Å². The van der Waals surface area contributed by atoms with Gasteiger partial charge >= 0.3 is 0 Å². The lowest BCUT2D eigenvalue weighted by atomic mass is 10.1. The minimum Gasteiger partial charge on any atom is -0.497 e. The molecule has 0 bridgehead atoms. The van der Waals surface area contributed by atoms with Crippen LogP contribution in [0.3, 0.4) is 0 Å². The standard InChI is InChI=1S/C26H31N3O6S2/c1-32-20-7-10-23(25(16-20)33-2)24-18-36-26(29(24)17-21-4-3-13-35-21)27-19-5-8-22(9-6-19)37(30,31)28-11-14-34-15-12-28/h5-10,16,18,21H,3-4,11-15,17H2,1-2H3. The van der Waals surface area contributed by atoms with Crippen molar-refractivity contribution in [1.29, 1.82) is 0 Å². The van der Waals surface area contributed by atoms with Crippen molar-refractivity contribution < 1.29 is 27.4 Å². The lowest BCUT2D eigenvalue weighted by molar-refractivity contribution is 0.0730. The fourth-order valence-electron chi connectivity index (χ4n) is 4.55. The van der Waals surface area contributed by atoms with Gasteiger partial charge in [0.2, 0.25) is 10.0 Å². The number of nitrogens with zero attached hydrogens (tertiary/aromatic N) is 3. The summed E-state index contributed by atoms with van der Waals surface area (Å²) < 4.78 is 51.8. The van der Waals surface area contributed by atoms with Crippen LogP contribution in [0.4, 0.5) is 5.69 Å². The molecule has 0 amide bonds. The summed E-state index contributed by atoms with van der Waals surface area (Å²) >= 11 is 1.52. The Morgan fingerprint density at radius 1 is 1.05 bits per heavy atom. The zero-order valence-electron chi connectivity index (χ0n) is 21.0. The molecule has 0 saturated carbocycles. The first-order valence-electron chi connectivity index (χ1n) is 12.2. The van der Waals surface area contributed by atoms with Gasteiger partial charge in [0.15, 0.2) is 4.80 Å². The number of benzene rings is 2. The third-order valence-electron chi connectivity index (χ3n) is 6.56. The highest BCUT2D eigenvalue weighted by Crippen LogP contribution is 2.34. The van der Waals surface area contributed by atoms with Crippen LogP contribution in [0.2, 0.25) is 0 Å². The Hall–Kier alpha value is -2.70. The largest absolute Gasteiger partial charge is 0.497 e. The molecule has 198 valence electrons. The number of sulfonamides is 1. The maximum Gasteiger partial charge on any atom is 0.243 e. The molecule has 1 unspecified atom stereocenters. The second kappa shape index (κ2) is 11.4. The van der Waals surface area contributed by atoms with E-state index >= 15 is 0 Å². The van der Waals surface area contributed by atoms with Crippen molar-refractivity contribution in [3.63, 3.8) is 0 Å². The van der Waals surface area contributed by atoms with Gasteiger partial charge in [-0.3, -0.25) is 0 Å². The molecule has 9 nitrogen and oxygen atoms in total. The highest BCUT2D eigenvalue weighted by Gasteiger charge is 2.26. The summed E-state index contributed by atoms with van der Waals surface area (Å²) in [4.78, 5) is 5.94. The molecule has 11 heteroatoms. The second-order valence-electron chi connectivity index (χ2n) is 8.84. The fraction of sp³-hybridized carbons (Fsp3) is 0.423. The highest BCUT2D eigenvalue weighted by molar-refractivity contribution is 7.89. The van der Waals surface area contributed by atoms with E-state index in [1.54, 1.807) is 38.5 Å². The Bertz CT molecular complexity index is 1390. The van der Waals surface area contributed by atoms with Gasteiger partial charge in [-0.2, -0.15) is 4.31 Å². The van der Waals surface area contributed by atoms with E-state index in [9.17, 15) is 8.42 Å². The van der Waals surface area contributed by atoms with Gasteiger partial charge in [-0.15, -0.1) is 11.3 Å². The zero-order chi connectivity index (χ0) is 25.8. The molecular weight excluding hydrogens is 514 g/mol. The van der Waals surface area contributed by atoms with Crippen LogP contribution in [-0.4, -0.2) is 70.5 Å². The Kier molecular flexibility index (Phi) is 7.96. The molecule has 1 aromatic heterocycles. The Morgan fingerprint density at radius 2 is 1.84 bits per heavy atom. The Labute approximate surface area is 220 Å². The molecule has 2 aromatic carbocycles. The lowest BCUT2D eigenvalue weighted by Crippen LogP contribution is -2.40.